The number of urea groups is 1. The zero-order chi connectivity index (χ0) is 35.2. The van der Waals surface area contributed by atoms with Gasteiger partial charge in [0.2, 0.25) is 0 Å². The van der Waals surface area contributed by atoms with E-state index in [1.54, 1.807) is 0 Å². The zero-order valence-electron chi connectivity index (χ0n) is 28.7. The lowest BCUT2D eigenvalue weighted by atomic mass is 9.95. The van der Waals surface area contributed by atoms with Crippen LogP contribution in [0.4, 0.5) is 18.0 Å². The molecule has 0 spiro atoms. The lowest BCUT2D eigenvalue weighted by molar-refractivity contribution is -0.192. The summed E-state index contributed by atoms with van der Waals surface area (Å²) in [4.78, 5) is 27.4. The van der Waals surface area contributed by atoms with E-state index >= 15 is 0 Å². The Morgan fingerprint density at radius 1 is 0.837 bits per heavy atom. The number of nitrogens with one attached hydrogen (secondary N) is 2. The molecule has 5 rings (SSSR count). The smallest absolute Gasteiger partial charge is 0.475 e. The van der Waals surface area contributed by atoms with Crippen molar-refractivity contribution in [2.24, 2.45) is 5.92 Å². The summed E-state index contributed by atoms with van der Waals surface area (Å²) < 4.78 is 31.7. The van der Waals surface area contributed by atoms with Gasteiger partial charge in [-0.1, -0.05) is 106 Å². The van der Waals surface area contributed by atoms with E-state index in [1.165, 1.54) is 47.1 Å². The van der Waals surface area contributed by atoms with Gasteiger partial charge in [-0.25, -0.2) is 9.59 Å². The highest BCUT2D eigenvalue weighted by atomic mass is 19.4. The molecule has 1 aliphatic carbocycles. The summed E-state index contributed by atoms with van der Waals surface area (Å²) in [6.45, 7) is 10.1. The van der Waals surface area contributed by atoms with Crippen LogP contribution in [0, 0.1) is 5.92 Å². The third kappa shape index (κ3) is 12.8. The molecule has 3 N–H and O–H groups in total. The first-order chi connectivity index (χ1) is 23.5. The maximum absolute atomic E-state index is 13.8. The van der Waals surface area contributed by atoms with Gasteiger partial charge >= 0.3 is 18.2 Å². The maximum atomic E-state index is 13.8. The SMILES string of the molecule is CC(C)CNCc1ccc(-c2cccc(CN(C(=O)NC3CCCCC3)C3CCN(Cc4ccccc4)CC3)c2)cc1.O=C(O)C(F)(F)F. The summed E-state index contributed by atoms with van der Waals surface area (Å²) in [7, 11) is 0. The molecule has 1 saturated carbocycles. The predicted octanol–water partition coefficient (Wildman–Crippen LogP) is 8.24. The number of carboxylic acid groups (broad SMARTS) is 1. The van der Waals surface area contributed by atoms with Gasteiger partial charge in [0.05, 0.1) is 0 Å². The van der Waals surface area contributed by atoms with E-state index < -0.39 is 12.1 Å². The van der Waals surface area contributed by atoms with Crippen LogP contribution in [0.5, 0.6) is 0 Å². The molecule has 49 heavy (non-hydrogen) atoms. The minimum absolute atomic E-state index is 0.118. The normalized spacial score (nSPS) is 16.1. The first-order valence-corrected chi connectivity index (χ1v) is 17.5. The van der Waals surface area contributed by atoms with Gasteiger partial charge in [0, 0.05) is 44.8 Å². The minimum Gasteiger partial charge on any atom is -0.475 e. The van der Waals surface area contributed by atoms with Crippen LogP contribution >= 0.6 is 0 Å². The summed E-state index contributed by atoms with van der Waals surface area (Å²) in [6.07, 6.45) is 2.88. The number of nitrogens with zero attached hydrogens (tertiary/aromatic N) is 2. The Balaban J connectivity index is 0.000000698. The van der Waals surface area contributed by atoms with E-state index in [1.807, 2.05) is 0 Å². The van der Waals surface area contributed by atoms with Crippen molar-refractivity contribution in [3.63, 3.8) is 0 Å². The second-order valence-electron chi connectivity index (χ2n) is 13.6. The third-order valence-corrected chi connectivity index (χ3v) is 9.13. The molecule has 1 heterocycles. The molecule has 0 aromatic heterocycles. The van der Waals surface area contributed by atoms with Gasteiger partial charge in [0.25, 0.3) is 0 Å². The van der Waals surface area contributed by atoms with Crippen molar-refractivity contribution in [3.8, 4) is 11.1 Å². The van der Waals surface area contributed by atoms with Gasteiger partial charge in [0.15, 0.2) is 0 Å². The van der Waals surface area contributed by atoms with E-state index in [2.05, 4.69) is 113 Å². The minimum atomic E-state index is -5.08. The van der Waals surface area contributed by atoms with Crippen molar-refractivity contribution >= 4 is 12.0 Å². The number of benzene rings is 3. The Morgan fingerprint density at radius 2 is 1.47 bits per heavy atom. The fourth-order valence-corrected chi connectivity index (χ4v) is 6.47. The molecule has 3 aromatic rings. The quantitative estimate of drug-likeness (QED) is 0.190. The van der Waals surface area contributed by atoms with Crippen LogP contribution in [-0.4, -0.2) is 64.8 Å². The number of likely N-dealkylation sites (tertiary alicyclic amines) is 1. The van der Waals surface area contributed by atoms with Crippen LogP contribution in [0.15, 0.2) is 78.9 Å². The molecule has 0 bridgehead atoms. The van der Waals surface area contributed by atoms with Crippen molar-refractivity contribution in [2.45, 2.75) is 96.7 Å². The number of piperidine rings is 1. The van der Waals surface area contributed by atoms with Crippen LogP contribution in [0.1, 0.15) is 75.5 Å². The molecule has 0 radical (unpaired) electrons. The average molecular weight is 681 g/mol. The van der Waals surface area contributed by atoms with Gasteiger partial charge in [-0.2, -0.15) is 13.2 Å². The lowest BCUT2D eigenvalue weighted by Crippen LogP contribution is -2.52. The molecule has 1 saturated heterocycles. The largest absolute Gasteiger partial charge is 0.490 e. The number of halogens is 3. The Bertz CT molecular complexity index is 1440. The second-order valence-corrected chi connectivity index (χ2v) is 13.6. The number of carbonyl (C=O) groups is 2. The van der Waals surface area contributed by atoms with Crippen LogP contribution in [-0.2, 0) is 24.4 Å². The average Bonchev–Trinajstić information content (AvgIpc) is 3.09. The molecule has 10 heteroatoms. The topological polar surface area (TPSA) is 84.9 Å². The molecule has 7 nitrogen and oxygen atoms in total. The van der Waals surface area contributed by atoms with E-state index in [0.29, 0.717) is 18.5 Å². The van der Waals surface area contributed by atoms with Gasteiger partial charge in [-0.15, -0.1) is 0 Å². The van der Waals surface area contributed by atoms with E-state index in [4.69, 9.17) is 9.90 Å². The molecule has 0 atom stereocenters. The molecular formula is C39H51F3N4O3. The monoisotopic (exact) mass is 680 g/mol. The highest BCUT2D eigenvalue weighted by Crippen LogP contribution is 2.26. The third-order valence-electron chi connectivity index (χ3n) is 9.13. The van der Waals surface area contributed by atoms with Crippen LogP contribution in [0.25, 0.3) is 11.1 Å². The summed E-state index contributed by atoms with van der Waals surface area (Å²) in [5, 5.41) is 14.1. The van der Waals surface area contributed by atoms with E-state index in [9.17, 15) is 18.0 Å². The predicted molar refractivity (Wildman–Crippen MR) is 188 cm³/mol. The molecule has 2 fully saturated rings. The van der Waals surface area contributed by atoms with E-state index in [0.717, 1.165) is 58.4 Å². The number of aliphatic carboxylic acids is 1. The zero-order valence-corrected chi connectivity index (χ0v) is 28.7. The van der Waals surface area contributed by atoms with Crippen molar-refractivity contribution in [1.29, 1.82) is 0 Å². The number of hydrogen-bond donors (Lipinski definition) is 3. The molecule has 1 aliphatic heterocycles. The maximum Gasteiger partial charge on any atom is 0.490 e. The van der Waals surface area contributed by atoms with Crippen molar-refractivity contribution in [2.75, 3.05) is 19.6 Å². The molecular weight excluding hydrogens is 629 g/mol. The summed E-state index contributed by atoms with van der Waals surface area (Å²) >= 11 is 0. The number of hydrogen-bond acceptors (Lipinski definition) is 4. The number of carboxylic acids is 1. The fourth-order valence-electron chi connectivity index (χ4n) is 6.47. The number of amides is 2. The fraction of sp³-hybridized carbons (Fsp3) is 0.487. The highest BCUT2D eigenvalue weighted by molar-refractivity contribution is 5.75. The molecule has 266 valence electrons. The standard InChI is InChI=1S/C37H50N4O.C2HF3O2/c1-29(2)25-38-26-30-16-18-33(19-17-30)34-13-9-12-32(24-34)28-41(37(42)39-35-14-7-4-8-15-35)36-20-22-40(23-21-36)27-31-10-5-3-6-11-31;3-2(4,5)1(6)7/h3,5-6,9-13,16-19,24,29,35-36,38H,4,7-8,14-15,20-23,25-28H2,1-2H3,(H,39,42);(H,6,7). The van der Waals surface area contributed by atoms with Crippen molar-refractivity contribution in [3.05, 3.63) is 95.6 Å². The molecule has 2 aliphatic rings. The van der Waals surface area contributed by atoms with Crippen LogP contribution < -0.4 is 10.6 Å². The molecule has 0 unspecified atom stereocenters. The second kappa shape index (κ2) is 18.8. The Morgan fingerprint density at radius 3 is 2.08 bits per heavy atom. The van der Waals surface area contributed by atoms with Gasteiger partial charge < -0.3 is 20.6 Å². The summed E-state index contributed by atoms with van der Waals surface area (Å²) in [5.74, 6) is -2.11. The lowest BCUT2D eigenvalue weighted by Gasteiger charge is -2.39. The first kappa shape index (κ1) is 37.9. The number of carbonyl (C=O) groups excluding carboxylic acids is 1. The molecule has 3 aromatic carbocycles. The number of alkyl halides is 3. The van der Waals surface area contributed by atoms with Gasteiger partial charge in [-0.05, 0) is 72.0 Å². The highest BCUT2D eigenvalue weighted by Gasteiger charge is 2.38. The van der Waals surface area contributed by atoms with Crippen LogP contribution in [0.2, 0.25) is 0 Å². The van der Waals surface area contributed by atoms with Gasteiger partial charge in [0.1, 0.15) is 0 Å². The Hall–Kier alpha value is -3.89. The van der Waals surface area contributed by atoms with Gasteiger partial charge in [-0.3, -0.25) is 4.90 Å². The summed E-state index contributed by atoms with van der Waals surface area (Å²) in [5.41, 5.74) is 6.29. The van der Waals surface area contributed by atoms with Crippen molar-refractivity contribution in [1.82, 2.24) is 20.4 Å². The molecule has 2 amide bonds. The Labute approximate surface area is 288 Å². The van der Waals surface area contributed by atoms with Crippen LogP contribution in [0.3, 0.4) is 0 Å². The van der Waals surface area contributed by atoms with E-state index in [-0.39, 0.29) is 12.1 Å². The van der Waals surface area contributed by atoms with Crippen molar-refractivity contribution < 1.29 is 27.9 Å². The first-order valence-electron chi connectivity index (χ1n) is 17.5. The Kier molecular flexibility index (Phi) is 14.5. The number of rotatable bonds is 11. The summed E-state index contributed by atoms with van der Waals surface area (Å²) in [6, 6.07) is 29.1.